The van der Waals surface area contributed by atoms with E-state index in [1.807, 2.05) is 12.3 Å². The van der Waals surface area contributed by atoms with Gasteiger partial charge in [0.25, 0.3) is 0 Å². The van der Waals surface area contributed by atoms with Crippen molar-refractivity contribution in [1.82, 2.24) is 15.3 Å². The van der Waals surface area contributed by atoms with Gasteiger partial charge in [-0.3, -0.25) is 0 Å². The van der Waals surface area contributed by atoms with Gasteiger partial charge in [-0.1, -0.05) is 17.9 Å². The van der Waals surface area contributed by atoms with Crippen LogP contribution in [-0.2, 0) is 15.9 Å². The van der Waals surface area contributed by atoms with Crippen molar-refractivity contribution in [3.63, 3.8) is 0 Å². The van der Waals surface area contributed by atoms with Gasteiger partial charge in [0.15, 0.2) is 0 Å². The molecule has 6 nitrogen and oxygen atoms in total. The van der Waals surface area contributed by atoms with Crippen LogP contribution in [-0.4, -0.2) is 48.2 Å². The molecule has 0 bridgehead atoms. The first-order chi connectivity index (χ1) is 14.3. The maximum Gasteiger partial charge on any atom is 0.146 e. The van der Waals surface area contributed by atoms with Gasteiger partial charge in [-0.25, -0.2) is 4.98 Å². The lowest BCUT2D eigenvalue weighted by molar-refractivity contribution is 0.0666. The number of allylic oxidation sites excluding steroid dienone is 2. The maximum absolute atomic E-state index is 8.97. The van der Waals surface area contributed by atoms with E-state index in [9.17, 15) is 0 Å². The van der Waals surface area contributed by atoms with Crippen molar-refractivity contribution < 1.29 is 14.6 Å². The highest BCUT2D eigenvalue weighted by Gasteiger charge is 2.22. The fourth-order valence-electron chi connectivity index (χ4n) is 3.88. The number of aromatic amines is 1. The summed E-state index contributed by atoms with van der Waals surface area (Å²) in [6.07, 6.45) is 11.4. The van der Waals surface area contributed by atoms with Crippen molar-refractivity contribution in [2.75, 3.05) is 26.9 Å². The number of nitrogens with one attached hydrogen (secondary N) is 2. The van der Waals surface area contributed by atoms with Crippen molar-refractivity contribution in [3.05, 3.63) is 47.4 Å². The van der Waals surface area contributed by atoms with Crippen molar-refractivity contribution in [1.29, 1.82) is 0 Å². The summed E-state index contributed by atoms with van der Waals surface area (Å²) >= 11 is 0. The van der Waals surface area contributed by atoms with Crippen LogP contribution in [0.3, 0.4) is 0 Å². The normalized spacial score (nSPS) is 19.5. The molecule has 3 N–H and O–H groups in total. The molecule has 0 aromatic carbocycles. The van der Waals surface area contributed by atoms with Crippen LogP contribution in [0.25, 0.3) is 16.6 Å². The van der Waals surface area contributed by atoms with Gasteiger partial charge in [0, 0.05) is 55.7 Å². The number of rotatable bonds is 5. The van der Waals surface area contributed by atoms with Gasteiger partial charge >= 0.3 is 0 Å². The quantitative estimate of drug-likeness (QED) is 0.681. The number of fused-ring (bicyclic) bond motifs is 1. The molecule has 0 radical (unpaired) electrons. The third kappa shape index (κ3) is 4.54. The zero-order valence-corrected chi connectivity index (χ0v) is 16.7. The van der Waals surface area contributed by atoms with Crippen LogP contribution < -0.4 is 5.32 Å². The first-order valence-electron chi connectivity index (χ1n) is 10.1. The number of hydrogen-bond donors (Lipinski definition) is 3. The summed E-state index contributed by atoms with van der Waals surface area (Å²) in [6, 6.07) is 2.11. The number of hydrogen-bond acceptors (Lipinski definition) is 5. The molecule has 2 aromatic rings. The fourth-order valence-corrected chi connectivity index (χ4v) is 3.88. The van der Waals surface area contributed by atoms with E-state index >= 15 is 0 Å². The molecule has 152 valence electrons. The van der Waals surface area contributed by atoms with E-state index in [4.69, 9.17) is 14.6 Å². The average molecular weight is 393 g/mol. The SMILES string of the molecule is COC1C=CC(c2[nH]c3ncc(C#CCCO)cc3c2CC2CCOCC2)=CN1. The van der Waals surface area contributed by atoms with Crippen molar-refractivity contribution in [2.45, 2.75) is 31.9 Å². The molecule has 0 aliphatic carbocycles. The van der Waals surface area contributed by atoms with E-state index in [0.717, 1.165) is 60.3 Å². The minimum Gasteiger partial charge on any atom is -0.395 e. The molecule has 2 aliphatic rings. The number of pyridine rings is 1. The summed E-state index contributed by atoms with van der Waals surface area (Å²) in [7, 11) is 1.68. The number of methoxy groups -OCH3 is 1. The molecule has 0 amide bonds. The molecular weight excluding hydrogens is 366 g/mol. The van der Waals surface area contributed by atoms with Crippen LogP contribution in [0.4, 0.5) is 0 Å². The highest BCUT2D eigenvalue weighted by molar-refractivity contribution is 5.90. The van der Waals surface area contributed by atoms with Crippen molar-refractivity contribution in [3.8, 4) is 11.8 Å². The van der Waals surface area contributed by atoms with E-state index < -0.39 is 0 Å². The largest absolute Gasteiger partial charge is 0.395 e. The molecule has 4 rings (SSSR count). The van der Waals surface area contributed by atoms with Gasteiger partial charge in [0.2, 0.25) is 0 Å². The lowest BCUT2D eigenvalue weighted by Crippen LogP contribution is -2.26. The second-order valence-electron chi connectivity index (χ2n) is 7.42. The Morgan fingerprint density at radius 3 is 2.93 bits per heavy atom. The fraction of sp³-hybridized carbons (Fsp3) is 0.435. The van der Waals surface area contributed by atoms with Gasteiger partial charge in [-0.15, -0.1) is 0 Å². The first-order valence-corrected chi connectivity index (χ1v) is 10.1. The summed E-state index contributed by atoms with van der Waals surface area (Å²) in [5.74, 6) is 6.69. The molecule has 1 fully saturated rings. The van der Waals surface area contributed by atoms with E-state index in [2.05, 4.69) is 39.3 Å². The Balaban J connectivity index is 1.73. The summed E-state index contributed by atoms with van der Waals surface area (Å²) in [4.78, 5) is 8.14. The van der Waals surface area contributed by atoms with Gasteiger partial charge < -0.3 is 24.9 Å². The molecule has 4 heterocycles. The molecule has 0 spiro atoms. The van der Waals surface area contributed by atoms with Crippen LogP contribution in [0.15, 0.2) is 30.6 Å². The molecule has 6 heteroatoms. The molecule has 2 aromatic heterocycles. The Kier molecular flexibility index (Phi) is 6.30. The summed E-state index contributed by atoms with van der Waals surface area (Å²) in [5.41, 5.74) is 5.20. The molecule has 1 atom stereocenters. The van der Waals surface area contributed by atoms with E-state index in [1.165, 1.54) is 5.56 Å². The van der Waals surface area contributed by atoms with Crippen LogP contribution in [0, 0.1) is 17.8 Å². The number of H-pyrrole nitrogens is 1. The molecule has 1 saturated heterocycles. The van der Waals surface area contributed by atoms with Gasteiger partial charge in [0.05, 0.1) is 12.3 Å². The highest BCUT2D eigenvalue weighted by Crippen LogP contribution is 2.32. The Morgan fingerprint density at radius 1 is 1.34 bits per heavy atom. The Labute approximate surface area is 171 Å². The smallest absolute Gasteiger partial charge is 0.146 e. The van der Waals surface area contributed by atoms with E-state index in [0.29, 0.717) is 12.3 Å². The van der Waals surface area contributed by atoms with Crippen molar-refractivity contribution >= 4 is 16.6 Å². The van der Waals surface area contributed by atoms with E-state index in [-0.39, 0.29) is 12.8 Å². The van der Waals surface area contributed by atoms with Crippen LogP contribution >= 0.6 is 0 Å². The minimum atomic E-state index is -0.103. The molecule has 1 unspecified atom stereocenters. The Morgan fingerprint density at radius 2 is 2.21 bits per heavy atom. The third-order valence-electron chi connectivity index (χ3n) is 5.46. The summed E-state index contributed by atoms with van der Waals surface area (Å²) < 4.78 is 10.9. The number of dihydropyridines is 1. The maximum atomic E-state index is 8.97. The predicted molar refractivity (Wildman–Crippen MR) is 113 cm³/mol. The van der Waals surface area contributed by atoms with Crippen LogP contribution in [0.1, 0.15) is 36.1 Å². The predicted octanol–water partition coefficient (Wildman–Crippen LogP) is 2.74. The second kappa shape index (κ2) is 9.27. The monoisotopic (exact) mass is 393 g/mol. The number of aliphatic hydroxyl groups excluding tert-OH is 1. The lowest BCUT2D eigenvalue weighted by Gasteiger charge is -2.23. The summed E-state index contributed by atoms with van der Waals surface area (Å²) in [6.45, 7) is 1.73. The van der Waals surface area contributed by atoms with Crippen LogP contribution in [0.5, 0.6) is 0 Å². The lowest BCUT2D eigenvalue weighted by atomic mass is 9.89. The number of aliphatic hydroxyl groups is 1. The number of nitrogens with zero attached hydrogens (tertiary/aromatic N) is 1. The first kappa shape index (κ1) is 19.7. The molecule has 2 aliphatic heterocycles. The number of aromatic nitrogens is 2. The Bertz CT molecular complexity index is 974. The molecule has 0 saturated carbocycles. The third-order valence-corrected chi connectivity index (χ3v) is 5.46. The topological polar surface area (TPSA) is 79.4 Å². The summed E-state index contributed by atoms with van der Waals surface area (Å²) in [5, 5.41) is 13.3. The molecular formula is C23H27N3O3. The average Bonchev–Trinajstić information content (AvgIpc) is 3.12. The standard InChI is InChI=1S/C23H27N3O3/c1-28-21-6-5-18(15-24-21)22-19(12-16-7-10-29-11-8-16)20-13-17(4-2-3-9-27)14-25-23(20)26-22/h5-6,13-16,21,24,27H,3,7-12H2,1H3,(H,25,26). The zero-order chi connectivity index (χ0) is 20.1. The second-order valence-corrected chi connectivity index (χ2v) is 7.42. The van der Waals surface area contributed by atoms with Gasteiger partial charge in [-0.2, -0.15) is 0 Å². The van der Waals surface area contributed by atoms with E-state index in [1.54, 1.807) is 13.3 Å². The van der Waals surface area contributed by atoms with Gasteiger partial charge in [0.1, 0.15) is 11.9 Å². The Hall–Kier alpha value is -2.59. The van der Waals surface area contributed by atoms with Crippen LogP contribution in [0.2, 0.25) is 0 Å². The minimum absolute atomic E-state index is 0.0714. The zero-order valence-electron chi connectivity index (χ0n) is 16.7. The molecule has 29 heavy (non-hydrogen) atoms. The van der Waals surface area contributed by atoms with Gasteiger partial charge in [-0.05, 0) is 42.9 Å². The number of ether oxygens (including phenoxy) is 2. The van der Waals surface area contributed by atoms with Crippen molar-refractivity contribution in [2.24, 2.45) is 5.92 Å². The highest BCUT2D eigenvalue weighted by atomic mass is 16.5.